The van der Waals surface area contributed by atoms with Crippen LogP contribution in [0.25, 0.3) is 0 Å². The van der Waals surface area contributed by atoms with Crippen molar-refractivity contribution in [3.8, 4) is 5.75 Å². The molecule has 0 atom stereocenters. The van der Waals surface area contributed by atoms with Gasteiger partial charge in [-0.15, -0.1) is 0 Å². The summed E-state index contributed by atoms with van der Waals surface area (Å²) in [4.78, 5) is 2.91. The smallest absolute Gasteiger partial charge is 0.245 e. The molecule has 0 spiro atoms. The van der Waals surface area contributed by atoms with E-state index in [-0.39, 0.29) is 24.6 Å². The number of sulfonamides is 1. The van der Waals surface area contributed by atoms with Crippen LogP contribution in [0.4, 0.5) is 0 Å². The van der Waals surface area contributed by atoms with Gasteiger partial charge in [-0.3, -0.25) is 0 Å². The molecule has 2 N–H and O–H groups in total. The van der Waals surface area contributed by atoms with Crippen molar-refractivity contribution in [2.45, 2.75) is 18.0 Å². The van der Waals surface area contributed by atoms with Gasteiger partial charge in [0.05, 0.1) is 11.5 Å². The standard InChI is InChI=1S/C14H16N2O4S/c17-10-12-7-13(8-15-12)21(18,19)16-5-6-20-14-4-2-1-3-11(14)9-16/h1-4,7-8,15,17H,5-6,9-10H2. The zero-order chi connectivity index (χ0) is 14.9. The van der Waals surface area contributed by atoms with E-state index in [1.807, 2.05) is 24.3 Å². The number of aromatic amines is 1. The van der Waals surface area contributed by atoms with Gasteiger partial charge in [-0.2, -0.15) is 4.31 Å². The van der Waals surface area contributed by atoms with Gasteiger partial charge in [0.15, 0.2) is 0 Å². The van der Waals surface area contributed by atoms with E-state index in [0.29, 0.717) is 12.3 Å². The molecule has 0 bridgehead atoms. The number of rotatable bonds is 3. The van der Waals surface area contributed by atoms with Gasteiger partial charge in [-0.05, 0) is 12.1 Å². The van der Waals surface area contributed by atoms with Gasteiger partial charge in [-0.1, -0.05) is 18.2 Å². The number of aliphatic hydroxyl groups excluding tert-OH is 1. The number of fused-ring (bicyclic) bond motifs is 1. The largest absolute Gasteiger partial charge is 0.492 e. The molecular formula is C14H16N2O4S. The van der Waals surface area contributed by atoms with E-state index in [9.17, 15) is 8.42 Å². The van der Waals surface area contributed by atoms with Crippen molar-refractivity contribution in [2.24, 2.45) is 0 Å². The van der Waals surface area contributed by atoms with Crippen molar-refractivity contribution in [1.82, 2.24) is 9.29 Å². The Morgan fingerprint density at radius 1 is 1.33 bits per heavy atom. The number of nitrogens with zero attached hydrogens (tertiary/aromatic N) is 1. The van der Waals surface area contributed by atoms with Gasteiger partial charge in [0.1, 0.15) is 12.4 Å². The fraction of sp³-hybridized carbons (Fsp3) is 0.286. The van der Waals surface area contributed by atoms with E-state index in [0.717, 1.165) is 11.3 Å². The summed E-state index contributed by atoms with van der Waals surface area (Å²) in [6, 6.07) is 8.87. The minimum absolute atomic E-state index is 0.158. The molecule has 6 nitrogen and oxygen atoms in total. The van der Waals surface area contributed by atoms with Gasteiger partial charge in [-0.25, -0.2) is 8.42 Å². The molecule has 2 aromatic rings. The van der Waals surface area contributed by atoms with Crippen molar-refractivity contribution in [3.05, 3.63) is 47.8 Å². The molecule has 7 heteroatoms. The van der Waals surface area contributed by atoms with E-state index in [1.54, 1.807) is 0 Å². The number of nitrogens with one attached hydrogen (secondary N) is 1. The summed E-state index contributed by atoms with van der Waals surface area (Å²) in [5.74, 6) is 0.723. The van der Waals surface area contributed by atoms with Crippen LogP contribution in [-0.2, 0) is 23.2 Å². The summed E-state index contributed by atoms with van der Waals surface area (Å²) < 4.78 is 32.3. The number of H-pyrrole nitrogens is 1. The summed E-state index contributed by atoms with van der Waals surface area (Å²) >= 11 is 0. The highest BCUT2D eigenvalue weighted by Gasteiger charge is 2.28. The van der Waals surface area contributed by atoms with Crippen LogP contribution < -0.4 is 4.74 Å². The van der Waals surface area contributed by atoms with Gasteiger partial charge in [0.25, 0.3) is 0 Å². The molecule has 0 amide bonds. The molecule has 0 aliphatic carbocycles. The first-order valence-electron chi connectivity index (χ1n) is 6.60. The Balaban J connectivity index is 1.92. The number of hydrogen-bond acceptors (Lipinski definition) is 4. The first-order valence-corrected chi connectivity index (χ1v) is 8.04. The predicted molar refractivity (Wildman–Crippen MR) is 76.2 cm³/mol. The number of aliphatic hydroxyl groups is 1. The summed E-state index contributed by atoms with van der Waals surface area (Å²) in [6.07, 6.45) is 1.40. The average molecular weight is 308 g/mol. The molecule has 0 saturated carbocycles. The summed E-state index contributed by atoms with van der Waals surface area (Å²) in [6.45, 7) is 0.657. The van der Waals surface area contributed by atoms with Crippen molar-refractivity contribution < 1.29 is 18.3 Å². The van der Waals surface area contributed by atoms with Crippen molar-refractivity contribution in [3.63, 3.8) is 0 Å². The Bertz CT molecular complexity index is 739. The van der Waals surface area contributed by atoms with Crippen LogP contribution >= 0.6 is 0 Å². The van der Waals surface area contributed by atoms with Gasteiger partial charge in [0, 0.05) is 30.5 Å². The van der Waals surface area contributed by atoms with Gasteiger partial charge >= 0.3 is 0 Å². The molecular weight excluding hydrogens is 292 g/mol. The number of para-hydroxylation sites is 1. The topological polar surface area (TPSA) is 82.6 Å². The molecule has 2 heterocycles. The average Bonchev–Trinajstić information content (AvgIpc) is 2.87. The third kappa shape index (κ3) is 2.67. The van der Waals surface area contributed by atoms with E-state index in [4.69, 9.17) is 9.84 Å². The Morgan fingerprint density at radius 3 is 2.90 bits per heavy atom. The van der Waals surface area contributed by atoms with Crippen LogP contribution in [-0.4, -0.2) is 36.0 Å². The monoisotopic (exact) mass is 308 g/mol. The molecule has 1 aliphatic rings. The molecule has 1 aromatic carbocycles. The lowest BCUT2D eigenvalue weighted by molar-refractivity contribution is 0.277. The number of aromatic nitrogens is 1. The highest BCUT2D eigenvalue weighted by molar-refractivity contribution is 7.89. The molecule has 0 unspecified atom stereocenters. The summed E-state index contributed by atoms with van der Waals surface area (Å²) in [7, 11) is -3.61. The van der Waals surface area contributed by atoms with Gasteiger partial charge < -0.3 is 14.8 Å². The molecule has 1 aromatic heterocycles. The first-order chi connectivity index (χ1) is 10.1. The minimum Gasteiger partial charge on any atom is -0.492 e. The second-order valence-corrected chi connectivity index (χ2v) is 6.75. The van der Waals surface area contributed by atoms with Crippen LogP contribution in [0.15, 0.2) is 41.4 Å². The van der Waals surface area contributed by atoms with Crippen LogP contribution in [0.3, 0.4) is 0 Å². The van der Waals surface area contributed by atoms with Crippen LogP contribution in [0, 0.1) is 0 Å². The van der Waals surface area contributed by atoms with Crippen molar-refractivity contribution in [1.29, 1.82) is 0 Å². The van der Waals surface area contributed by atoms with Crippen LogP contribution in [0.5, 0.6) is 5.75 Å². The molecule has 21 heavy (non-hydrogen) atoms. The molecule has 1 aliphatic heterocycles. The van der Waals surface area contributed by atoms with E-state index < -0.39 is 10.0 Å². The summed E-state index contributed by atoms with van der Waals surface area (Å²) in [5.41, 5.74) is 1.32. The Labute approximate surface area is 123 Å². The molecule has 0 saturated heterocycles. The Kier molecular flexibility index (Phi) is 3.71. The molecule has 0 radical (unpaired) electrons. The highest BCUT2D eigenvalue weighted by atomic mass is 32.2. The SMILES string of the molecule is O=S(=O)(c1c[nH]c(CO)c1)N1CCOc2ccccc2C1. The normalized spacial score (nSPS) is 16.0. The second kappa shape index (κ2) is 5.51. The lowest BCUT2D eigenvalue weighted by Gasteiger charge is -2.18. The van der Waals surface area contributed by atoms with Gasteiger partial charge in [0.2, 0.25) is 10.0 Å². The molecule has 0 fully saturated rings. The van der Waals surface area contributed by atoms with Crippen LogP contribution in [0.1, 0.15) is 11.3 Å². The lowest BCUT2D eigenvalue weighted by atomic mass is 10.2. The van der Waals surface area contributed by atoms with E-state index in [2.05, 4.69) is 4.98 Å². The predicted octanol–water partition coefficient (Wildman–Crippen LogP) is 1.09. The molecule has 112 valence electrons. The maximum Gasteiger partial charge on any atom is 0.245 e. The maximum absolute atomic E-state index is 12.6. The highest BCUT2D eigenvalue weighted by Crippen LogP contribution is 2.26. The number of benzene rings is 1. The number of ether oxygens (including phenoxy) is 1. The maximum atomic E-state index is 12.6. The van der Waals surface area contributed by atoms with E-state index in [1.165, 1.54) is 16.6 Å². The summed E-state index contributed by atoms with van der Waals surface area (Å²) in [5, 5.41) is 9.04. The fourth-order valence-corrected chi connectivity index (χ4v) is 3.74. The van der Waals surface area contributed by atoms with E-state index >= 15 is 0 Å². The zero-order valence-corrected chi connectivity index (χ0v) is 12.1. The van der Waals surface area contributed by atoms with Crippen molar-refractivity contribution in [2.75, 3.05) is 13.2 Å². The first kappa shape index (κ1) is 14.1. The number of hydrogen-bond donors (Lipinski definition) is 2. The van der Waals surface area contributed by atoms with Crippen LogP contribution in [0.2, 0.25) is 0 Å². The Morgan fingerprint density at radius 2 is 2.14 bits per heavy atom. The minimum atomic E-state index is -3.61. The molecule has 3 rings (SSSR count). The lowest BCUT2D eigenvalue weighted by Crippen LogP contribution is -2.32. The third-order valence-corrected chi connectivity index (χ3v) is 5.26. The second-order valence-electron chi connectivity index (χ2n) is 4.81. The quantitative estimate of drug-likeness (QED) is 0.889. The Hall–Kier alpha value is -1.83. The van der Waals surface area contributed by atoms with Crippen molar-refractivity contribution >= 4 is 10.0 Å². The zero-order valence-electron chi connectivity index (χ0n) is 11.3. The third-order valence-electron chi connectivity index (χ3n) is 3.44. The fourth-order valence-electron chi connectivity index (χ4n) is 2.32.